The summed E-state index contributed by atoms with van der Waals surface area (Å²) >= 11 is 0. The molecular formula is C28H30O6. The lowest BCUT2D eigenvalue weighted by Gasteiger charge is -2.14. The quantitative estimate of drug-likeness (QED) is 0.239. The predicted molar refractivity (Wildman–Crippen MR) is 131 cm³/mol. The van der Waals surface area contributed by atoms with Gasteiger partial charge in [-0.3, -0.25) is 4.79 Å². The van der Waals surface area contributed by atoms with Gasteiger partial charge >= 0.3 is 5.97 Å². The molecule has 1 unspecified atom stereocenters. The number of para-hydroxylation sites is 1. The Kier molecular flexibility index (Phi) is 9.55. The molecule has 3 aromatic carbocycles. The van der Waals surface area contributed by atoms with E-state index in [1.54, 1.807) is 24.3 Å². The number of carbonyl (C=O) groups is 1. The Morgan fingerprint density at radius 1 is 0.941 bits per heavy atom. The second-order valence-electron chi connectivity index (χ2n) is 7.64. The van der Waals surface area contributed by atoms with Gasteiger partial charge in [-0.25, -0.2) is 0 Å². The van der Waals surface area contributed by atoms with Gasteiger partial charge in [0.25, 0.3) is 0 Å². The van der Waals surface area contributed by atoms with E-state index in [9.17, 15) is 9.90 Å². The van der Waals surface area contributed by atoms with Crippen molar-refractivity contribution in [2.75, 3.05) is 26.9 Å². The number of carboxylic acids is 1. The van der Waals surface area contributed by atoms with Crippen LogP contribution in [0.3, 0.4) is 0 Å². The normalized spacial score (nSPS) is 11.4. The molecule has 1 N–H and O–H groups in total. The number of benzene rings is 3. The van der Waals surface area contributed by atoms with Crippen LogP contribution in [0.25, 0.3) is 0 Å². The molecule has 0 aromatic heterocycles. The Hall–Kier alpha value is -3.77. The van der Waals surface area contributed by atoms with Crippen LogP contribution in [0.15, 0.2) is 85.5 Å². The molecule has 0 radical (unpaired) electrons. The van der Waals surface area contributed by atoms with Gasteiger partial charge in [-0.2, -0.15) is 0 Å². The molecule has 0 aliphatic heterocycles. The van der Waals surface area contributed by atoms with Crippen molar-refractivity contribution < 1.29 is 28.8 Å². The van der Waals surface area contributed by atoms with Crippen LogP contribution in [0.2, 0.25) is 0 Å². The van der Waals surface area contributed by atoms with Gasteiger partial charge in [-0.1, -0.05) is 36.4 Å². The van der Waals surface area contributed by atoms with E-state index in [0.29, 0.717) is 37.4 Å². The summed E-state index contributed by atoms with van der Waals surface area (Å²) in [6, 6.07) is 22.5. The number of ether oxygens (including phenoxy) is 4. The van der Waals surface area contributed by atoms with Crippen LogP contribution >= 0.6 is 0 Å². The van der Waals surface area contributed by atoms with Crippen molar-refractivity contribution in [1.82, 2.24) is 0 Å². The van der Waals surface area contributed by atoms with Crippen molar-refractivity contribution in [1.29, 1.82) is 0 Å². The maximum absolute atomic E-state index is 11.4. The van der Waals surface area contributed by atoms with Gasteiger partial charge in [0.2, 0.25) is 0 Å². The summed E-state index contributed by atoms with van der Waals surface area (Å²) < 4.78 is 22.7. The molecule has 0 bridgehead atoms. The van der Waals surface area contributed by atoms with Crippen molar-refractivity contribution in [3.63, 3.8) is 0 Å². The molecule has 0 spiro atoms. The molecule has 3 aromatic rings. The zero-order valence-electron chi connectivity index (χ0n) is 19.3. The molecule has 6 heteroatoms. The fourth-order valence-electron chi connectivity index (χ4n) is 3.40. The van der Waals surface area contributed by atoms with Crippen LogP contribution in [0.5, 0.6) is 23.0 Å². The van der Waals surface area contributed by atoms with Gasteiger partial charge in [-0.15, -0.1) is 6.58 Å². The van der Waals surface area contributed by atoms with Crippen LogP contribution in [0.4, 0.5) is 0 Å². The lowest BCUT2D eigenvalue weighted by atomic mass is 10.0. The smallest absolute Gasteiger partial charge is 0.313 e. The maximum Gasteiger partial charge on any atom is 0.313 e. The Morgan fingerprint density at radius 2 is 1.65 bits per heavy atom. The average Bonchev–Trinajstić information content (AvgIpc) is 2.85. The van der Waals surface area contributed by atoms with E-state index in [-0.39, 0.29) is 6.61 Å². The van der Waals surface area contributed by atoms with Crippen LogP contribution in [-0.4, -0.2) is 38.0 Å². The Bertz CT molecular complexity index is 1050. The molecule has 1 atom stereocenters. The molecule has 0 aliphatic carbocycles. The predicted octanol–water partition coefficient (Wildman–Crippen LogP) is 5.87. The van der Waals surface area contributed by atoms with Gasteiger partial charge in [0.1, 0.15) is 28.9 Å². The maximum atomic E-state index is 11.4. The topological polar surface area (TPSA) is 74.2 Å². The summed E-state index contributed by atoms with van der Waals surface area (Å²) in [5.74, 6) is 1.40. The molecule has 0 saturated carbocycles. The number of carboxylic acid groups (broad SMARTS) is 1. The molecule has 6 nitrogen and oxygen atoms in total. The van der Waals surface area contributed by atoms with Crippen LogP contribution in [0, 0.1) is 0 Å². The summed E-state index contributed by atoms with van der Waals surface area (Å²) in [4.78, 5) is 11.4. The van der Waals surface area contributed by atoms with Gasteiger partial charge in [0.05, 0.1) is 19.8 Å². The largest absolute Gasteiger partial charge is 0.493 e. The number of aliphatic carboxylic acids is 1. The number of hydrogen-bond donors (Lipinski definition) is 1. The Balaban J connectivity index is 1.48. The van der Waals surface area contributed by atoms with E-state index in [0.717, 1.165) is 22.8 Å². The third kappa shape index (κ3) is 7.39. The minimum atomic E-state index is -0.914. The van der Waals surface area contributed by atoms with E-state index in [1.165, 1.54) is 7.11 Å². The van der Waals surface area contributed by atoms with E-state index in [4.69, 9.17) is 18.9 Å². The van der Waals surface area contributed by atoms with Gasteiger partial charge < -0.3 is 24.1 Å². The second kappa shape index (κ2) is 13.1. The number of rotatable bonds is 14. The first-order valence-corrected chi connectivity index (χ1v) is 11.1. The monoisotopic (exact) mass is 462 g/mol. The van der Waals surface area contributed by atoms with E-state index < -0.39 is 11.9 Å². The molecule has 0 fully saturated rings. The highest BCUT2D eigenvalue weighted by Crippen LogP contribution is 2.28. The zero-order valence-corrected chi connectivity index (χ0v) is 19.3. The third-order valence-corrected chi connectivity index (χ3v) is 5.10. The molecule has 0 amide bonds. The van der Waals surface area contributed by atoms with Crippen molar-refractivity contribution in [3.05, 3.63) is 96.6 Å². The summed E-state index contributed by atoms with van der Waals surface area (Å²) in [6.07, 6.45) is 3.20. The number of hydrogen-bond acceptors (Lipinski definition) is 5. The zero-order chi connectivity index (χ0) is 24.2. The third-order valence-electron chi connectivity index (χ3n) is 5.10. The number of methoxy groups -OCH3 is 1. The van der Waals surface area contributed by atoms with Crippen LogP contribution in [-0.2, 0) is 16.0 Å². The van der Waals surface area contributed by atoms with Gasteiger partial charge in [-0.05, 0) is 54.4 Å². The Labute approximate surface area is 200 Å². The minimum absolute atomic E-state index is 0.125. The highest BCUT2D eigenvalue weighted by atomic mass is 16.5. The molecule has 0 heterocycles. The standard InChI is InChI=1S/C28H30O6/c1-3-8-22-19-25(34-24-9-5-4-6-10-24)15-16-27(22)33-18-7-17-32-23-13-11-21(12-14-23)26(20-31-2)28(29)30/h3-6,9-16,19,26H,1,7-8,17-18,20H2,2H3,(H,29,30). The van der Waals surface area contributed by atoms with Crippen LogP contribution < -0.4 is 14.2 Å². The summed E-state index contributed by atoms with van der Waals surface area (Å²) in [6.45, 7) is 4.93. The van der Waals surface area contributed by atoms with Crippen molar-refractivity contribution in [3.8, 4) is 23.0 Å². The Morgan fingerprint density at radius 3 is 2.32 bits per heavy atom. The molecule has 0 saturated heterocycles. The number of allylic oxidation sites excluding steroid dienone is 1. The SMILES string of the molecule is C=CCc1cc(Oc2ccccc2)ccc1OCCCOc1ccc(C(COC)C(=O)O)cc1. The van der Waals surface area contributed by atoms with E-state index >= 15 is 0 Å². The molecule has 3 rings (SSSR count). The molecular weight excluding hydrogens is 432 g/mol. The lowest BCUT2D eigenvalue weighted by molar-refractivity contribution is -0.140. The van der Waals surface area contributed by atoms with Gasteiger partial charge in [0, 0.05) is 19.1 Å². The summed E-state index contributed by atoms with van der Waals surface area (Å²) in [7, 11) is 1.49. The van der Waals surface area contributed by atoms with Crippen molar-refractivity contribution >= 4 is 5.97 Å². The first-order valence-electron chi connectivity index (χ1n) is 11.1. The summed E-state index contributed by atoms with van der Waals surface area (Å²) in [5.41, 5.74) is 1.68. The highest BCUT2D eigenvalue weighted by Gasteiger charge is 2.19. The molecule has 178 valence electrons. The summed E-state index contributed by atoms with van der Waals surface area (Å²) in [5, 5.41) is 9.32. The van der Waals surface area contributed by atoms with Crippen molar-refractivity contribution in [2.45, 2.75) is 18.8 Å². The second-order valence-corrected chi connectivity index (χ2v) is 7.64. The van der Waals surface area contributed by atoms with E-state index in [1.807, 2.05) is 54.6 Å². The van der Waals surface area contributed by atoms with Crippen LogP contribution in [0.1, 0.15) is 23.5 Å². The molecule has 34 heavy (non-hydrogen) atoms. The van der Waals surface area contributed by atoms with Gasteiger partial charge in [0.15, 0.2) is 0 Å². The first-order chi connectivity index (χ1) is 16.6. The van der Waals surface area contributed by atoms with E-state index in [2.05, 4.69) is 6.58 Å². The highest BCUT2D eigenvalue weighted by molar-refractivity contribution is 5.76. The minimum Gasteiger partial charge on any atom is -0.493 e. The first kappa shape index (κ1) is 24.9. The molecule has 0 aliphatic rings. The van der Waals surface area contributed by atoms with Crippen molar-refractivity contribution in [2.24, 2.45) is 0 Å². The lowest BCUT2D eigenvalue weighted by Crippen LogP contribution is -2.16. The fourth-order valence-corrected chi connectivity index (χ4v) is 3.40. The average molecular weight is 463 g/mol. The fraction of sp³-hybridized carbons (Fsp3) is 0.250.